The number of fused-ring (bicyclic) bond motifs is 1. The molecule has 52 valence electrons. The Labute approximate surface area is 69.1 Å². The van der Waals surface area contributed by atoms with Crippen LogP contribution in [0.2, 0.25) is 0 Å². The van der Waals surface area contributed by atoms with Crippen molar-refractivity contribution in [2.24, 2.45) is 0 Å². The normalized spacial score (nSPS) is 9.20. The molecule has 0 amide bonds. The second kappa shape index (κ2) is 2.86. The largest absolute Gasteiger partial charge is 0.345 e. The van der Waals surface area contributed by atoms with Gasteiger partial charge in [0.05, 0.1) is 17.4 Å². The molecule has 0 fully saturated rings. The van der Waals surface area contributed by atoms with Gasteiger partial charge in [-0.05, 0) is 12.1 Å². The summed E-state index contributed by atoms with van der Waals surface area (Å²) in [5, 5.41) is 0. The summed E-state index contributed by atoms with van der Waals surface area (Å²) in [7, 11) is 0. The van der Waals surface area contributed by atoms with E-state index in [1.165, 1.54) is 0 Å². The summed E-state index contributed by atoms with van der Waals surface area (Å²) in [4.78, 5) is 7.07. The maximum atomic E-state index is 4.06. The average molecular weight is 174 g/mol. The van der Waals surface area contributed by atoms with Gasteiger partial charge in [-0.25, -0.2) is 4.98 Å². The number of H-pyrrole nitrogens is 1. The Bertz CT molecular complexity index is 286. The summed E-state index contributed by atoms with van der Waals surface area (Å²) in [6, 6.07) is 7.94. The van der Waals surface area contributed by atoms with Crippen LogP contribution in [0.25, 0.3) is 11.0 Å². The molecule has 10 heavy (non-hydrogen) atoms. The number of benzene rings is 1. The monoisotopic (exact) mass is 174 g/mol. The molecular formula is C7H6FeN2. The fourth-order valence-corrected chi connectivity index (χ4v) is 0.880. The van der Waals surface area contributed by atoms with Crippen molar-refractivity contribution in [1.82, 2.24) is 9.97 Å². The van der Waals surface area contributed by atoms with E-state index in [0.717, 1.165) is 11.0 Å². The summed E-state index contributed by atoms with van der Waals surface area (Å²) < 4.78 is 0. The molecule has 0 spiro atoms. The fraction of sp³-hybridized carbons (Fsp3) is 0. The van der Waals surface area contributed by atoms with Gasteiger partial charge in [-0.1, -0.05) is 12.1 Å². The number of aromatic nitrogens is 2. The predicted molar refractivity (Wildman–Crippen MR) is 36.1 cm³/mol. The zero-order valence-electron chi connectivity index (χ0n) is 5.19. The van der Waals surface area contributed by atoms with Gasteiger partial charge in [-0.2, -0.15) is 0 Å². The summed E-state index contributed by atoms with van der Waals surface area (Å²) >= 11 is 0. The predicted octanol–water partition coefficient (Wildman–Crippen LogP) is 1.56. The van der Waals surface area contributed by atoms with Crippen molar-refractivity contribution in [2.45, 2.75) is 0 Å². The molecule has 0 saturated heterocycles. The molecule has 0 atom stereocenters. The number of para-hydroxylation sites is 2. The molecule has 0 saturated carbocycles. The van der Waals surface area contributed by atoms with Gasteiger partial charge in [-0.15, -0.1) is 0 Å². The van der Waals surface area contributed by atoms with Gasteiger partial charge in [0.1, 0.15) is 0 Å². The van der Waals surface area contributed by atoms with Gasteiger partial charge in [0, 0.05) is 17.1 Å². The molecule has 2 nitrogen and oxygen atoms in total. The first-order chi connectivity index (χ1) is 4.47. The molecule has 0 aliphatic heterocycles. The molecule has 0 bridgehead atoms. The summed E-state index contributed by atoms with van der Waals surface area (Å²) in [6.45, 7) is 0. The topological polar surface area (TPSA) is 28.7 Å². The summed E-state index contributed by atoms with van der Waals surface area (Å²) in [5.41, 5.74) is 2.12. The van der Waals surface area contributed by atoms with Crippen LogP contribution < -0.4 is 0 Å². The molecule has 0 radical (unpaired) electrons. The first-order valence-corrected chi connectivity index (χ1v) is 2.85. The van der Waals surface area contributed by atoms with Gasteiger partial charge in [0.2, 0.25) is 0 Å². The van der Waals surface area contributed by atoms with Crippen molar-refractivity contribution < 1.29 is 17.1 Å². The molecule has 2 aromatic rings. The van der Waals surface area contributed by atoms with Crippen LogP contribution in [0.5, 0.6) is 0 Å². The Morgan fingerprint density at radius 1 is 1.20 bits per heavy atom. The molecular weight excluding hydrogens is 168 g/mol. The molecule has 0 aliphatic carbocycles. The van der Waals surface area contributed by atoms with E-state index < -0.39 is 0 Å². The van der Waals surface area contributed by atoms with Crippen molar-refractivity contribution in [3.63, 3.8) is 0 Å². The van der Waals surface area contributed by atoms with Crippen molar-refractivity contribution >= 4 is 11.0 Å². The van der Waals surface area contributed by atoms with Crippen molar-refractivity contribution in [1.29, 1.82) is 0 Å². The number of rotatable bonds is 0. The number of hydrogen-bond acceptors (Lipinski definition) is 1. The zero-order chi connectivity index (χ0) is 6.10. The molecule has 1 aromatic heterocycles. The number of hydrogen-bond donors (Lipinski definition) is 1. The van der Waals surface area contributed by atoms with Crippen LogP contribution in [0.1, 0.15) is 0 Å². The molecule has 0 aliphatic rings. The average Bonchev–Trinajstić information content (AvgIpc) is 2.33. The Hall–Kier alpha value is -0.791. The molecule has 1 N–H and O–H groups in total. The summed E-state index contributed by atoms with van der Waals surface area (Å²) in [5.74, 6) is 0. The van der Waals surface area contributed by atoms with Crippen LogP contribution >= 0.6 is 0 Å². The second-order valence-electron chi connectivity index (χ2n) is 1.92. The molecule has 1 aromatic carbocycles. The second-order valence-corrected chi connectivity index (χ2v) is 1.92. The SMILES string of the molecule is [Fe].c1ccc2[nH]cnc2c1. The molecule has 1 heterocycles. The third kappa shape index (κ3) is 1.06. The first-order valence-electron chi connectivity index (χ1n) is 2.85. The van der Waals surface area contributed by atoms with Gasteiger partial charge in [-0.3, -0.25) is 0 Å². The summed E-state index contributed by atoms with van der Waals surface area (Å²) in [6.07, 6.45) is 1.70. The van der Waals surface area contributed by atoms with E-state index in [-0.39, 0.29) is 17.1 Å². The van der Waals surface area contributed by atoms with Gasteiger partial charge in [0.25, 0.3) is 0 Å². The van der Waals surface area contributed by atoms with Gasteiger partial charge >= 0.3 is 0 Å². The smallest absolute Gasteiger partial charge is 0.0931 e. The first kappa shape index (κ1) is 7.32. The van der Waals surface area contributed by atoms with E-state index >= 15 is 0 Å². The quantitative estimate of drug-likeness (QED) is 0.603. The Kier molecular flexibility index (Phi) is 2.09. The van der Waals surface area contributed by atoms with Crippen molar-refractivity contribution in [3.05, 3.63) is 30.6 Å². The van der Waals surface area contributed by atoms with E-state index in [1.807, 2.05) is 24.3 Å². The van der Waals surface area contributed by atoms with Crippen molar-refractivity contribution in [2.75, 3.05) is 0 Å². The Balaban J connectivity index is 0.000000500. The maximum Gasteiger partial charge on any atom is 0.0931 e. The Morgan fingerprint density at radius 3 is 2.80 bits per heavy atom. The van der Waals surface area contributed by atoms with Crippen molar-refractivity contribution in [3.8, 4) is 0 Å². The van der Waals surface area contributed by atoms with Crippen LogP contribution in [0.4, 0.5) is 0 Å². The van der Waals surface area contributed by atoms with E-state index in [0.29, 0.717) is 0 Å². The number of imidazole rings is 1. The number of aromatic amines is 1. The minimum Gasteiger partial charge on any atom is -0.345 e. The molecule has 3 heteroatoms. The molecule has 2 rings (SSSR count). The third-order valence-electron chi connectivity index (χ3n) is 1.33. The number of nitrogens with zero attached hydrogens (tertiary/aromatic N) is 1. The van der Waals surface area contributed by atoms with E-state index in [2.05, 4.69) is 9.97 Å². The fourth-order valence-electron chi connectivity index (χ4n) is 0.880. The minimum atomic E-state index is 0. The van der Waals surface area contributed by atoms with E-state index in [1.54, 1.807) is 6.33 Å². The van der Waals surface area contributed by atoms with Crippen LogP contribution in [0.3, 0.4) is 0 Å². The van der Waals surface area contributed by atoms with Crippen LogP contribution in [-0.4, -0.2) is 9.97 Å². The minimum absolute atomic E-state index is 0. The van der Waals surface area contributed by atoms with Gasteiger partial charge in [0.15, 0.2) is 0 Å². The maximum absolute atomic E-state index is 4.06. The van der Waals surface area contributed by atoms with Gasteiger partial charge < -0.3 is 4.98 Å². The Morgan fingerprint density at radius 2 is 2.00 bits per heavy atom. The standard InChI is InChI=1S/C7H6N2.Fe/c1-2-4-7-6(3-1)8-5-9-7;/h1-5H,(H,8,9);. The van der Waals surface area contributed by atoms with Crippen LogP contribution in [0, 0.1) is 0 Å². The molecule has 0 unspecified atom stereocenters. The number of nitrogens with one attached hydrogen (secondary N) is 1. The van der Waals surface area contributed by atoms with E-state index in [9.17, 15) is 0 Å². The van der Waals surface area contributed by atoms with E-state index in [4.69, 9.17) is 0 Å². The van der Waals surface area contributed by atoms with Crippen LogP contribution in [0.15, 0.2) is 30.6 Å². The zero-order valence-corrected chi connectivity index (χ0v) is 6.29. The van der Waals surface area contributed by atoms with Crippen LogP contribution in [-0.2, 0) is 17.1 Å². The third-order valence-corrected chi connectivity index (χ3v) is 1.33.